The molecule has 118 valence electrons. The van der Waals surface area contributed by atoms with Crippen molar-refractivity contribution in [1.29, 1.82) is 0 Å². The van der Waals surface area contributed by atoms with Crippen LogP contribution in [0.3, 0.4) is 0 Å². The van der Waals surface area contributed by atoms with Crippen LogP contribution >= 0.6 is 0 Å². The molecule has 3 heteroatoms. The molecule has 0 bridgehead atoms. The summed E-state index contributed by atoms with van der Waals surface area (Å²) >= 11 is 0. The number of pyridine rings is 3. The summed E-state index contributed by atoms with van der Waals surface area (Å²) in [5, 5.41) is 3.19. The zero-order chi connectivity index (χ0) is 16.8. The number of aryl methyl sites for hydroxylation is 1. The van der Waals surface area contributed by atoms with E-state index in [4.69, 9.17) is 4.98 Å². The minimum atomic E-state index is 0.745. The Labute approximate surface area is 145 Å². The molecule has 0 aliphatic carbocycles. The first-order valence-electron chi connectivity index (χ1n) is 8.31. The molecule has 0 aliphatic rings. The molecular formula is C22H15N3. The molecule has 0 atom stereocenters. The van der Waals surface area contributed by atoms with E-state index in [1.807, 2.05) is 31.3 Å². The van der Waals surface area contributed by atoms with Gasteiger partial charge in [0.2, 0.25) is 0 Å². The van der Waals surface area contributed by atoms with Gasteiger partial charge in [0.1, 0.15) is 0 Å². The summed E-state index contributed by atoms with van der Waals surface area (Å²) in [7, 11) is 0. The van der Waals surface area contributed by atoms with Crippen LogP contribution in [0.2, 0.25) is 0 Å². The van der Waals surface area contributed by atoms with E-state index in [0.29, 0.717) is 0 Å². The maximum atomic E-state index is 4.94. The van der Waals surface area contributed by atoms with Crippen LogP contribution in [-0.2, 0) is 0 Å². The Hall–Kier alpha value is -3.33. The van der Waals surface area contributed by atoms with Crippen molar-refractivity contribution >= 4 is 32.8 Å². The van der Waals surface area contributed by atoms with Gasteiger partial charge in [0.05, 0.1) is 11.0 Å². The zero-order valence-electron chi connectivity index (χ0n) is 13.8. The van der Waals surface area contributed by atoms with Crippen LogP contribution in [0.5, 0.6) is 0 Å². The minimum Gasteiger partial charge on any atom is -0.247 e. The Morgan fingerprint density at radius 1 is 0.680 bits per heavy atom. The van der Waals surface area contributed by atoms with E-state index >= 15 is 0 Å². The first-order valence-corrected chi connectivity index (χ1v) is 8.31. The highest BCUT2D eigenvalue weighted by atomic mass is 14.9. The van der Waals surface area contributed by atoms with Gasteiger partial charge >= 0.3 is 0 Å². The van der Waals surface area contributed by atoms with Crippen LogP contribution in [0.25, 0.3) is 44.0 Å². The van der Waals surface area contributed by atoms with E-state index in [1.165, 1.54) is 11.1 Å². The lowest BCUT2D eigenvalue weighted by Crippen LogP contribution is -1.94. The standard InChI is InChI=1S/C22H15N3/c1-14-11-12-17-21-18(13-23-22(17)24-14)20(15-7-3-2-4-8-15)16-9-5-6-10-19(16)25-21/h2-13H,1H3. The van der Waals surface area contributed by atoms with E-state index in [-0.39, 0.29) is 0 Å². The monoisotopic (exact) mass is 321 g/mol. The molecular weight excluding hydrogens is 306 g/mol. The first kappa shape index (κ1) is 14.1. The summed E-state index contributed by atoms with van der Waals surface area (Å²) in [6.45, 7) is 1.98. The number of rotatable bonds is 1. The highest BCUT2D eigenvalue weighted by molar-refractivity contribution is 6.15. The smallest absolute Gasteiger partial charge is 0.161 e. The summed E-state index contributed by atoms with van der Waals surface area (Å²) in [6, 6.07) is 22.8. The molecule has 0 aliphatic heterocycles. The molecule has 0 fully saturated rings. The van der Waals surface area contributed by atoms with Crippen molar-refractivity contribution in [2.45, 2.75) is 6.92 Å². The van der Waals surface area contributed by atoms with Crippen molar-refractivity contribution in [1.82, 2.24) is 15.0 Å². The predicted molar refractivity (Wildman–Crippen MR) is 103 cm³/mol. The number of aromatic nitrogens is 3. The van der Waals surface area contributed by atoms with Crippen LogP contribution in [0.15, 0.2) is 72.9 Å². The van der Waals surface area contributed by atoms with Crippen molar-refractivity contribution < 1.29 is 0 Å². The molecule has 0 amide bonds. The van der Waals surface area contributed by atoms with Gasteiger partial charge in [-0.05, 0) is 30.7 Å². The second kappa shape index (κ2) is 5.35. The van der Waals surface area contributed by atoms with E-state index in [0.717, 1.165) is 38.5 Å². The summed E-state index contributed by atoms with van der Waals surface area (Å²) < 4.78 is 0. The van der Waals surface area contributed by atoms with Gasteiger partial charge in [0.25, 0.3) is 0 Å². The molecule has 0 spiro atoms. The first-order chi connectivity index (χ1) is 12.3. The van der Waals surface area contributed by atoms with E-state index in [9.17, 15) is 0 Å². The van der Waals surface area contributed by atoms with Gasteiger partial charge in [0.15, 0.2) is 5.65 Å². The topological polar surface area (TPSA) is 38.7 Å². The molecule has 0 saturated heterocycles. The maximum Gasteiger partial charge on any atom is 0.161 e. The lowest BCUT2D eigenvalue weighted by molar-refractivity contribution is 1.21. The van der Waals surface area contributed by atoms with Gasteiger partial charge in [-0.3, -0.25) is 0 Å². The van der Waals surface area contributed by atoms with Crippen molar-refractivity contribution in [2.75, 3.05) is 0 Å². The Balaban J connectivity index is 2.03. The molecule has 0 saturated carbocycles. The van der Waals surface area contributed by atoms with Crippen LogP contribution in [0, 0.1) is 6.92 Å². The van der Waals surface area contributed by atoms with Gasteiger partial charge in [-0.25, -0.2) is 15.0 Å². The fraction of sp³-hybridized carbons (Fsp3) is 0.0455. The Bertz CT molecular complexity index is 1240. The number of benzene rings is 2. The lowest BCUT2D eigenvalue weighted by atomic mass is 9.96. The average molecular weight is 321 g/mol. The van der Waals surface area contributed by atoms with E-state index < -0.39 is 0 Å². The quantitative estimate of drug-likeness (QED) is 0.310. The van der Waals surface area contributed by atoms with Gasteiger partial charge in [-0.1, -0.05) is 48.5 Å². The largest absolute Gasteiger partial charge is 0.247 e. The second-order valence-corrected chi connectivity index (χ2v) is 6.21. The molecule has 2 aromatic carbocycles. The van der Waals surface area contributed by atoms with Crippen molar-refractivity contribution in [2.24, 2.45) is 0 Å². The molecule has 3 nitrogen and oxygen atoms in total. The minimum absolute atomic E-state index is 0.745. The van der Waals surface area contributed by atoms with Crippen LogP contribution < -0.4 is 0 Å². The summed E-state index contributed by atoms with van der Waals surface area (Å²) in [6.07, 6.45) is 1.91. The Morgan fingerprint density at radius 3 is 2.36 bits per heavy atom. The average Bonchev–Trinajstić information content (AvgIpc) is 2.66. The lowest BCUT2D eigenvalue weighted by Gasteiger charge is -2.12. The Kier molecular flexibility index (Phi) is 3.01. The zero-order valence-corrected chi connectivity index (χ0v) is 13.8. The maximum absolute atomic E-state index is 4.94. The summed E-state index contributed by atoms with van der Waals surface area (Å²) in [5.41, 5.74) is 6.00. The van der Waals surface area contributed by atoms with Gasteiger partial charge in [-0.15, -0.1) is 0 Å². The van der Waals surface area contributed by atoms with Crippen LogP contribution in [-0.4, -0.2) is 15.0 Å². The number of hydrogen-bond acceptors (Lipinski definition) is 3. The van der Waals surface area contributed by atoms with E-state index in [1.54, 1.807) is 0 Å². The highest BCUT2D eigenvalue weighted by Gasteiger charge is 2.14. The molecule has 3 heterocycles. The molecule has 25 heavy (non-hydrogen) atoms. The molecule has 0 radical (unpaired) electrons. The Morgan fingerprint density at radius 2 is 1.48 bits per heavy atom. The number of nitrogens with zero attached hydrogens (tertiary/aromatic N) is 3. The van der Waals surface area contributed by atoms with Crippen LogP contribution in [0.1, 0.15) is 5.69 Å². The molecule has 5 rings (SSSR count). The molecule has 0 unspecified atom stereocenters. The third-order valence-electron chi connectivity index (χ3n) is 4.58. The fourth-order valence-corrected chi connectivity index (χ4v) is 3.43. The van der Waals surface area contributed by atoms with Crippen molar-refractivity contribution in [3.8, 4) is 11.1 Å². The summed E-state index contributed by atoms with van der Waals surface area (Å²) in [5.74, 6) is 0. The van der Waals surface area contributed by atoms with Gasteiger partial charge in [-0.2, -0.15) is 0 Å². The normalized spacial score (nSPS) is 11.4. The van der Waals surface area contributed by atoms with Crippen molar-refractivity contribution in [3.05, 3.63) is 78.6 Å². The van der Waals surface area contributed by atoms with E-state index in [2.05, 4.69) is 58.5 Å². The molecule has 0 N–H and O–H groups in total. The number of para-hydroxylation sites is 1. The highest BCUT2D eigenvalue weighted by Crippen LogP contribution is 2.36. The third kappa shape index (κ3) is 2.17. The summed E-state index contributed by atoms with van der Waals surface area (Å²) in [4.78, 5) is 14.1. The second-order valence-electron chi connectivity index (χ2n) is 6.21. The van der Waals surface area contributed by atoms with Crippen molar-refractivity contribution in [3.63, 3.8) is 0 Å². The third-order valence-corrected chi connectivity index (χ3v) is 4.58. The SMILES string of the molecule is Cc1ccc2c(ncc3c(-c4ccccc4)c4ccccc4nc32)n1. The van der Waals surface area contributed by atoms with Gasteiger partial charge < -0.3 is 0 Å². The number of fused-ring (bicyclic) bond motifs is 4. The van der Waals surface area contributed by atoms with Crippen LogP contribution in [0.4, 0.5) is 0 Å². The van der Waals surface area contributed by atoms with Gasteiger partial charge in [0, 0.05) is 33.6 Å². The fourth-order valence-electron chi connectivity index (χ4n) is 3.43. The predicted octanol–water partition coefficient (Wildman–Crippen LogP) is 5.31. The number of hydrogen-bond donors (Lipinski definition) is 0. The molecule has 5 aromatic rings. The molecule has 3 aromatic heterocycles.